The van der Waals surface area contributed by atoms with Crippen molar-refractivity contribution in [2.75, 3.05) is 24.1 Å². The molecule has 0 aliphatic heterocycles. The van der Waals surface area contributed by atoms with E-state index in [1.807, 2.05) is 26.0 Å². The summed E-state index contributed by atoms with van der Waals surface area (Å²) in [7, 11) is -3.99. The molecule has 9 heteroatoms. The lowest BCUT2D eigenvalue weighted by molar-refractivity contribution is -0.119. The molecule has 0 saturated heterocycles. The summed E-state index contributed by atoms with van der Waals surface area (Å²) in [6, 6.07) is 20.6. The number of carbonyl (C=O) groups is 1. The second-order valence-corrected chi connectivity index (χ2v) is 10.7. The molecule has 0 heterocycles. The highest BCUT2D eigenvalue weighted by molar-refractivity contribution is 7.92. The number of sulfonamides is 1. The van der Waals surface area contributed by atoms with Gasteiger partial charge in [0, 0.05) is 0 Å². The zero-order valence-corrected chi connectivity index (χ0v) is 23.1. The van der Waals surface area contributed by atoms with E-state index in [1.165, 1.54) is 18.3 Å². The molecular formula is C29H35N3O5S. The van der Waals surface area contributed by atoms with Crippen molar-refractivity contribution in [3.05, 3.63) is 83.9 Å². The molecule has 0 fully saturated rings. The Balaban J connectivity index is 1.79. The highest BCUT2D eigenvalue weighted by Crippen LogP contribution is 2.28. The van der Waals surface area contributed by atoms with Gasteiger partial charge in [-0.3, -0.25) is 9.10 Å². The monoisotopic (exact) mass is 537 g/mol. The highest BCUT2D eigenvalue weighted by atomic mass is 32.2. The molecule has 0 aromatic heterocycles. The van der Waals surface area contributed by atoms with Crippen LogP contribution in [0.4, 0.5) is 5.69 Å². The zero-order valence-electron chi connectivity index (χ0n) is 22.3. The topological polar surface area (TPSA) is 97.3 Å². The molecule has 0 radical (unpaired) electrons. The molecule has 3 aromatic carbocycles. The summed E-state index contributed by atoms with van der Waals surface area (Å²) < 4.78 is 39.4. The summed E-state index contributed by atoms with van der Waals surface area (Å²) in [5.74, 6) is 0.930. The third-order valence-corrected chi connectivity index (χ3v) is 7.39. The molecule has 0 bridgehead atoms. The van der Waals surface area contributed by atoms with Crippen molar-refractivity contribution in [3.8, 4) is 11.5 Å². The van der Waals surface area contributed by atoms with Gasteiger partial charge >= 0.3 is 0 Å². The van der Waals surface area contributed by atoms with Crippen LogP contribution in [0.15, 0.2) is 82.8 Å². The van der Waals surface area contributed by atoms with Gasteiger partial charge in [0.25, 0.3) is 15.9 Å². The van der Waals surface area contributed by atoms with Crippen molar-refractivity contribution in [1.29, 1.82) is 0 Å². The number of hydrogen-bond acceptors (Lipinski definition) is 6. The molecule has 0 aliphatic rings. The fraction of sp³-hybridized carbons (Fsp3) is 0.310. The number of benzene rings is 3. The van der Waals surface area contributed by atoms with Gasteiger partial charge in [0.05, 0.1) is 30.0 Å². The average molecular weight is 538 g/mol. The van der Waals surface area contributed by atoms with Gasteiger partial charge in [-0.05, 0) is 72.9 Å². The molecule has 1 N–H and O–H groups in total. The summed E-state index contributed by atoms with van der Waals surface area (Å²) in [6.07, 6.45) is 2.34. The van der Waals surface area contributed by atoms with Gasteiger partial charge < -0.3 is 9.47 Å². The molecule has 0 atom stereocenters. The lowest BCUT2D eigenvalue weighted by atomic mass is 10.0. The second-order valence-electron chi connectivity index (χ2n) is 8.85. The maximum absolute atomic E-state index is 13.5. The second kappa shape index (κ2) is 13.6. The number of carbonyl (C=O) groups excluding carboxylic acids is 1. The number of nitrogens with one attached hydrogen (secondary N) is 1. The summed E-state index contributed by atoms with van der Waals surface area (Å²) in [5, 5.41) is 4.03. The Hall–Kier alpha value is -3.85. The van der Waals surface area contributed by atoms with Crippen molar-refractivity contribution in [1.82, 2.24) is 5.43 Å². The van der Waals surface area contributed by atoms with Crippen LogP contribution in [0, 0.1) is 0 Å². The first-order chi connectivity index (χ1) is 18.3. The largest absolute Gasteiger partial charge is 0.490 e. The van der Waals surface area contributed by atoms with Gasteiger partial charge in [0.2, 0.25) is 0 Å². The van der Waals surface area contributed by atoms with E-state index in [0.717, 1.165) is 16.3 Å². The van der Waals surface area contributed by atoms with Gasteiger partial charge in [-0.15, -0.1) is 0 Å². The summed E-state index contributed by atoms with van der Waals surface area (Å²) in [4.78, 5) is 12.9. The number of rotatable bonds is 13. The van der Waals surface area contributed by atoms with Crippen molar-refractivity contribution < 1.29 is 22.7 Å². The smallest absolute Gasteiger partial charge is 0.264 e. The first kappa shape index (κ1) is 28.7. The number of hydrazone groups is 1. The Morgan fingerprint density at radius 2 is 1.68 bits per heavy atom. The standard InChI is InChI=1S/C29H35N3O5S/c1-5-18-37-27-17-12-23(19-28(27)36-6-2)20-30-31-29(33)21-32(25-15-13-24(14-16-25)22(3)4)38(34,35)26-10-8-7-9-11-26/h7-17,19-20,22H,5-6,18,21H2,1-4H3,(H,31,33)/b30-20+. The molecule has 0 unspecified atom stereocenters. The van der Waals surface area contributed by atoms with Crippen LogP contribution in [0.2, 0.25) is 0 Å². The number of anilines is 1. The molecule has 0 saturated carbocycles. The Morgan fingerprint density at radius 1 is 0.974 bits per heavy atom. The SMILES string of the molecule is CCCOc1ccc(/C=N/NC(=O)CN(c2ccc(C(C)C)cc2)S(=O)(=O)c2ccccc2)cc1OCC. The Labute approximate surface area is 225 Å². The molecule has 202 valence electrons. The van der Waals surface area contributed by atoms with Crippen LogP contribution in [0.25, 0.3) is 0 Å². The molecule has 1 amide bonds. The predicted octanol–water partition coefficient (Wildman–Crippen LogP) is 5.34. The Kier molecular flexibility index (Phi) is 10.3. The van der Waals surface area contributed by atoms with Crippen LogP contribution in [0.5, 0.6) is 11.5 Å². The van der Waals surface area contributed by atoms with Gasteiger partial charge in [-0.2, -0.15) is 5.10 Å². The first-order valence-corrected chi connectivity index (χ1v) is 14.1. The maximum Gasteiger partial charge on any atom is 0.264 e. The van der Waals surface area contributed by atoms with Crippen LogP contribution in [-0.2, 0) is 14.8 Å². The normalized spacial score (nSPS) is 11.5. The fourth-order valence-corrected chi connectivity index (χ4v) is 5.05. The van der Waals surface area contributed by atoms with E-state index < -0.39 is 22.5 Å². The van der Waals surface area contributed by atoms with Crippen molar-refractivity contribution in [2.45, 2.75) is 44.9 Å². The molecular weight excluding hydrogens is 502 g/mol. The zero-order chi connectivity index (χ0) is 27.5. The first-order valence-electron chi connectivity index (χ1n) is 12.7. The minimum Gasteiger partial charge on any atom is -0.490 e. The third kappa shape index (κ3) is 7.58. The van der Waals surface area contributed by atoms with Gasteiger partial charge in [0.1, 0.15) is 6.54 Å². The van der Waals surface area contributed by atoms with Gasteiger partial charge in [0.15, 0.2) is 11.5 Å². The molecule has 8 nitrogen and oxygen atoms in total. The quantitative estimate of drug-likeness (QED) is 0.234. The van der Waals surface area contributed by atoms with Crippen molar-refractivity contribution >= 4 is 27.8 Å². The van der Waals surface area contributed by atoms with Gasteiger partial charge in [-0.1, -0.05) is 51.1 Å². The lowest BCUT2D eigenvalue weighted by Gasteiger charge is -2.24. The van der Waals surface area contributed by atoms with E-state index in [1.54, 1.807) is 48.5 Å². The van der Waals surface area contributed by atoms with Crippen LogP contribution in [0.1, 0.15) is 51.2 Å². The van der Waals surface area contributed by atoms with Crippen molar-refractivity contribution in [2.24, 2.45) is 5.10 Å². The molecule has 0 spiro atoms. The lowest BCUT2D eigenvalue weighted by Crippen LogP contribution is -2.39. The minimum absolute atomic E-state index is 0.0954. The van der Waals surface area contributed by atoms with E-state index in [-0.39, 0.29) is 10.8 Å². The van der Waals surface area contributed by atoms with E-state index in [0.29, 0.717) is 36.0 Å². The Bertz CT molecular complexity index is 1320. The maximum atomic E-state index is 13.5. The Morgan fingerprint density at radius 3 is 2.32 bits per heavy atom. The van der Waals surface area contributed by atoms with E-state index >= 15 is 0 Å². The van der Waals surface area contributed by atoms with Crippen LogP contribution in [0.3, 0.4) is 0 Å². The fourth-order valence-electron chi connectivity index (χ4n) is 3.61. The molecule has 3 rings (SSSR count). The average Bonchev–Trinajstić information content (AvgIpc) is 2.92. The number of nitrogens with zero attached hydrogens (tertiary/aromatic N) is 2. The summed E-state index contributed by atoms with van der Waals surface area (Å²) >= 11 is 0. The third-order valence-electron chi connectivity index (χ3n) is 5.60. The molecule has 38 heavy (non-hydrogen) atoms. The summed E-state index contributed by atoms with van der Waals surface area (Å²) in [5.41, 5.74) is 4.58. The van der Waals surface area contributed by atoms with Crippen LogP contribution in [-0.4, -0.2) is 40.3 Å². The van der Waals surface area contributed by atoms with Crippen molar-refractivity contribution in [3.63, 3.8) is 0 Å². The van der Waals surface area contributed by atoms with E-state index in [2.05, 4.69) is 24.4 Å². The number of amides is 1. The highest BCUT2D eigenvalue weighted by Gasteiger charge is 2.27. The molecule has 3 aromatic rings. The van der Waals surface area contributed by atoms with Gasteiger partial charge in [-0.25, -0.2) is 13.8 Å². The van der Waals surface area contributed by atoms with E-state index in [4.69, 9.17) is 9.47 Å². The minimum atomic E-state index is -3.99. The predicted molar refractivity (Wildman–Crippen MR) is 151 cm³/mol. The molecule has 0 aliphatic carbocycles. The summed E-state index contributed by atoms with van der Waals surface area (Å²) in [6.45, 7) is 8.64. The van der Waals surface area contributed by atoms with E-state index in [9.17, 15) is 13.2 Å². The van der Waals surface area contributed by atoms with Crippen LogP contribution < -0.4 is 19.2 Å². The number of ether oxygens (including phenoxy) is 2. The number of hydrogen-bond donors (Lipinski definition) is 1. The van der Waals surface area contributed by atoms with Crippen LogP contribution >= 0.6 is 0 Å².